The van der Waals surface area contributed by atoms with Crippen LogP contribution in [0.25, 0.3) is 0 Å². The summed E-state index contributed by atoms with van der Waals surface area (Å²) >= 11 is 0. The fraction of sp³-hybridized carbons (Fsp3) is 0.294. The molecule has 1 unspecified atom stereocenters. The third kappa shape index (κ3) is 3.90. The maximum atomic E-state index is 12.7. The first kappa shape index (κ1) is 18.8. The molecule has 1 fully saturated rings. The molecule has 0 radical (unpaired) electrons. The topological polar surface area (TPSA) is 92.8 Å². The minimum Gasteiger partial charge on any atom is -0.378 e. The van der Waals surface area contributed by atoms with Crippen LogP contribution < -0.4 is 4.72 Å². The quantitative estimate of drug-likeness (QED) is 0.833. The highest BCUT2D eigenvalue weighted by molar-refractivity contribution is 7.92. The Kier molecular flexibility index (Phi) is 5.33. The van der Waals surface area contributed by atoms with Crippen LogP contribution in [0.5, 0.6) is 0 Å². The van der Waals surface area contributed by atoms with Crippen molar-refractivity contribution in [3.63, 3.8) is 0 Å². The maximum absolute atomic E-state index is 12.7. The summed E-state index contributed by atoms with van der Waals surface area (Å²) < 4.78 is 59.3. The van der Waals surface area contributed by atoms with E-state index in [1.807, 2.05) is 0 Å². The van der Waals surface area contributed by atoms with E-state index in [1.54, 1.807) is 25.1 Å². The first-order valence-electron chi connectivity index (χ1n) is 8.08. The van der Waals surface area contributed by atoms with Gasteiger partial charge in [-0.2, -0.15) is 4.31 Å². The van der Waals surface area contributed by atoms with Gasteiger partial charge in [-0.25, -0.2) is 16.8 Å². The van der Waals surface area contributed by atoms with Crippen molar-refractivity contribution in [2.75, 3.05) is 24.5 Å². The Hall–Kier alpha value is -1.94. The summed E-state index contributed by atoms with van der Waals surface area (Å²) in [5, 5.41) is 0. The van der Waals surface area contributed by atoms with Gasteiger partial charge in [-0.05, 0) is 43.3 Å². The van der Waals surface area contributed by atoms with E-state index in [4.69, 9.17) is 4.74 Å². The molecule has 0 aliphatic carbocycles. The summed E-state index contributed by atoms with van der Waals surface area (Å²) in [6.07, 6.45) is 0. The smallest absolute Gasteiger partial charge is 0.261 e. The second kappa shape index (κ2) is 7.36. The molecule has 0 spiro atoms. The van der Waals surface area contributed by atoms with Gasteiger partial charge >= 0.3 is 0 Å². The molecule has 0 saturated carbocycles. The molecule has 0 aromatic heterocycles. The number of nitrogens with zero attached hydrogens (tertiary/aromatic N) is 1. The van der Waals surface area contributed by atoms with Crippen LogP contribution in [0.3, 0.4) is 0 Å². The van der Waals surface area contributed by atoms with Crippen LogP contribution >= 0.6 is 0 Å². The molecule has 1 N–H and O–H groups in total. The van der Waals surface area contributed by atoms with E-state index in [-0.39, 0.29) is 15.8 Å². The van der Waals surface area contributed by atoms with E-state index in [9.17, 15) is 16.8 Å². The summed E-state index contributed by atoms with van der Waals surface area (Å²) in [5.41, 5.74) is 0.294. The van der Waals surface area contributed by atoms with Gasteiger partial charge in [0.25, 0.3) is 10.0 Å². The summed E-state index contributed by atoms with van der Waals surface area (Å²) in [6, 6.07) is 13.4. The molecular formula is C17H20N2O5S2. The van der Waals surface area contributed by atoms with E-state index >= 15 is 0 Å². The number of anilines is 1. The van der Waals surface area contributed by atoms with Gasteiger partial charge in [-0.3, -0.25) is 4.72 Å². The zero-order valence-corrected chi connectivity index (χ0v) is 15.8. The minimum absolute atomic E-state index is 0.119. The Morgan fingerprint density at radius 3 is 2.23 bits per heavy atom. The Balaban J connectivity index is 1.80. The number of hydrogen-bond donors (Lipinski definition) is 1. The molecule has 140 valence electrons. The summed E-state index contributed by atoms with van der Waals surface area (Å²) in [5.74, 6) is 0. The second-order valence-electron chi connectivity index (χ2n) is 5.98. The normalized spacial score (nSPS) is 19.2. The first-order valence-corrected chi connectivity index (χ1v) is 11.0. The summed E-state index contributed by atoms with van der Waals surface area (Å²) in [6.45, 7) is 2.80. The van der Waals surface area contributed by atoms with Crippen LogP contribution in [0.1, 0.15) is 6.92 Å². The summed E-state index contributed by atoms with van der Waals surface area (Å²) in [4.78, 5) is 0.257. The van der Waals surface area contributed by atoms with Crippen LogP contribution in [-0.4, -0.2) is 46.9 Å². The lowest BCUT2D eigenvalue weighted by Gasteiger charge is -2.32. The van der Waals surface area contributed by atoms with Crippen molar-refractivity contribution in [1.82, 2.24) is 4.31 Å². The number of nitrogens with one attached hydrogen (secondary N) is 1. The van der Waals surface area contributed by atoms with E-state index in [0.717, 1.165) is 0 Å². The molecule has 9 heteroatoms. The highest BCUT2D eigenvalue weighted by Crippen LogP contribution is 2.23. The Bertz CT molecular complexity index is 958. The van der Waals surface area contributed by atoms with Gasteiger partial charge in [0.1, 0.15) is 0 Å². The second-order valence-corrected chi connectivity index (χ2v) is 9.56. The predicted molar refractivity (Wildman–Crippen MR) is 97.9 cm³/mol. The van der Waals surface area contributed by atoms with Crippen molar-refractivity contribution in [2.45, 2.75) is 22.8 Å². The van der Waals surface area contributed by atoms with Crippen molar-refractivity contribution in [1.29, 1.82) is 0 Å². The minimum atomic E-state index is -3.72. The molecule has 0 amide bonds. The average molecular weight is 396 g/mol. The fourth-order valence-corrected chi connectivity index (χ4v) is 5.39. The van der Waals surface area contributed by atoms with Gasteiger partial charge in [0.05, 0.1) is 23.0 Å². The number of ether oxygens (including phenoxy) is 1. The van der Waals surface area contributed by atoms with Crippen molar-refractivity contribution in [3.05, 3.63) is 54.6 Å². The molecule has 2 aromatic rings. The third-order valence-electron chi connectivity index (χ3n) is 4.07. The molecule has 1 aliphatic rings. The van der Waals surface area contributed by atoms with E-state index in [1.165, 1.54) is 40.7 Å². The lowest BCUT2D eigenvalue weighted by Crippen LogP contribution is -2.46. The molecule has 26 heavy (non-hydrogen) atoms. The van der Waals surface area contributed by atoms with E-state index < -0.39 is 20.0 Å². The fourth-order valence-electron chi connectivity index (χ4n) is 2.71. The van der Waals surface area contributed by atoms with Gasteiger partial charge in [-0.15, -0.1) is 0 Å². The molecule has 7 nitrogen and oxygen atoms in total. The van der Waals surface area contributed by atoms with Gasteiger partial charge in [-0.1, -0.05) is 18.2 Å². The van der Waals surface area contributed by atoms with Crippen LogP contribution in [-0.2, 0) is 24.8 Å². The molecule has 2 aromatic carbocycles. The average Bonchev–Trinajstić information content (AvgIpc) is 2.63. The Labute approximate surface area is 153 Å². The number of benzene rings is 2. The van der Waals surface area contributed by atoms with Crippen LogP contribution in [0.2, 0.25) is 0 Å². The predicted octanol–water partition coefficient (Wildman–Crippen LogP) is 1.90. The monoisotopic (exact) mass is 396 g/mol. The molecule has 3 rings (SSSR count). The van der Waals surface area contributed by atoms with Gasteiger partial charge in [0.15, 0.2) is 0 Å². The summed E-state index contributed by atoms with van der Waals surface area (Å²) in [7, 11) is -7.37. The molecule has 1 heterocycles. The molecule has 1 saturated heterocycles. The zero-order chi connectivity index (χ0) is 18.8. The SMILES string of the molecule is CC1COCCN1S(=O)(=O)c1ccc(NS(=O)(=O)c2ccccc2)cc1. The van der Waals surface area contributed by atoms with E-state index in [0.29, 0.717) is 25.4 Å². The third-order valence-corrected chi connectivity index (χ3v) is 7.50. The number of hydrogen-bond acceptors (Lipinski definition) is 5. The standard InChI is InChI=1S/C17H20N2O5S2/c1-14-13-24-12-11-19(14)26(22,23)17-9-7-15(8-10-17)18-25(20,21)16-5-3-2-4-6-16/h2-10,14,18H,11-13H2,1H3. The first-order chi connectivity index (χ1) is 12.3. The number of morpholine rings is 1. The lowest BCUT2D eigenvalue weighted by molar-refractivity contribution is 0.0393. The number of rotatable bonds is 5. The largest absolute Gasteiger partial charge is 0.378 e. The molecule has 0 bridgehead atoms. The molecular weight excluding hydrogens is 376 g/mol. The molecule has 1 atom stereocenters. The van der Waals surface area contributed by atoms with Crippen molar-refractivity contribution < 1.29 is 21.6 Å². The van der Waals surface area contributed by atoms with Crippen molar-refractivity contribution in [3.8, 4) is 0 Å². The highest BCUT2D eigenvalue weighted by Gasteiger charge is 2.31. The van der Waals surface area contributed by atoms with Gasteiger partial charge in [0.2, 0.25) is 10.0 Å². The van der Waals surface area contributed by atoms with Crippen LogP contribution in [0.4, 0.5) is 5.69 Å². The number of sulfonamides is 2. The van der Waals surface area contributed by atoms with E-state index in [2.05, 4.69) is 4.72 Å². The van der Waals surface area contributed by atoms with Gasteiger partial charge in [0, 0.05) is 18.3 Å². The molecule has 1 aliphatic heterocycles. The maximum Gasteiger partial charge on any atom is 0.261 e. The zero-order valence-electron chi connectivity index (χ0n) is 14.2. The Morgan fingerprint density at radius 1 is 0.962 bits per heavy atom. The highest BCUT2D eigenvalue weighted by atomic mass is 32.2. The van der Waals surface area contributed by atoms with Crippen molar-refractivity contribution >= 4 is 25.7 Å². The van der Waals surface area contributed by atoms with Gasteiger partial charge < -0.3 is 4.74 Å². The Morgan fingerprint density at radius 2 is 1.62 bits per heavy atom. The van der Waals surface area contributed by atoms with Crippen molar-refractivity contribution in [2.24, 2.45) is 0 Å². The van der Waals surface area contributed by atoms with Crippen LogP contribution in [0, 0.1) is 0 Å². The lowest BCUT2D eigenvalue weighted by atomic mass is 10.3. The van der Waals surface area contributed by atoms with Crippen LogP contribution in [0.15, 0.2) is 64.4 Å².